The molecule has 0 radical (unpaired) electrons. The van der Waals surface area contributed by atoms with Gasteiger partial charge in [-0.2, -0.15) is 4.98 Å². The number of hydrogen-bond acceptors (Lipinski definition) is 8. The molecule has 4 aromatic carbocycles. The number of rotatable bonds is 11. The molecule has 1 fully saturated rings. The monoisotopic (exact) mass is 633 g/mol. The summed E-state index contributed by atoms with van der Waals surface area (Å²) >= 11 is 0. The minimum Gasteiger partial charge on any atom is -0.460 e. The minimum absolute atomic E-state index is 0.103. The lowest BCUT2D eigenvalue weighted by Gasteiger charge is -2.31. The second-order valence-electron chi connectivity index (χ2n) is 12.0. The number of ether oxygens (including phenoxy) is 1. The lowest BCUT2D eigenvalue weighted by atomic mass is 9.95. The van der Waals surface area contributed by atoms with Gasteiger partial charge in [-0.3, -0.25) is 9.59 Å². The number of aromatic nitrogens is 2. The molecule has 1 aliphatic rings. The van der Waals surface area contributed by atoms with E-state index >= 15 is 0 Å². The van der Waals surface area contributed by atoms with Crippen molar-refractivity contribution in [2.75, 3.05) is 26.7 Å². The Morgan fingerprint density at radius 2 is 1.49 bits per heavy atom. The zero-order chi connectivity index (χ0) is 32.8. The zero-order valence-electron chi connectivity index (χ0n) is 26.6. The van der Waals surface area contributed by atoms with Crippen LogP contribution in [0.25, 0.3) is 21.5 Å². The van der Waals surface area contributed by atoms with Crippen LogP contribution in [0.15, 0.2) is 89.5 Å². The van der Waals surface area contributed by atoms with Crippen LogP contribution in [0.3, 0.4) is 0 Å². The van der Waals surface area contributed by atoms with Gasteiger partial charge in [-0.05, 0) is 70.7 Å². The quantitative estimate of drug-likeness (QED) is 0.194. The maximum atomic E-state index is 14.5. The molecule has 2 N–H and O–H groups in total. The predicted molar refractivity (Wildman–Crippen MR) is 179 cm³/mol. The van der Waals surface area contributed by atoms with Gasteiger partial charge < -0.3 is 24.8 Å². The largest absolute Gasteiger partial charge is 0.460 e. The SMILES string of the molecule is CCOC(=O)c1noc(C(Cc2ccc3ccccc3c2)N(C)C(=O)C(Cc2ccc3ccccc3c2)NC(=O)C2CCNCC2)n1. The summed E-state index contributed by atoms with van der Waals surface area (Å²) in [5, 5.41) is 14.6. The first kappa shape index (κ1) is 31.9. The highest BCUT2D eigenvalue weighted by molar-refractivity contribution is 5.90. The van der Waals surface area contributed by atoms with E-state index in [1.54, 1.807) is 18.9 Å². The Kier molecular flexibility index (Phi) is 9.87. The Morgan fingerprint density at radius 1 is 0.894 bits per heavy atom. The highest BCUT2D eigenvalue weighted by atomic mass is 16.5. The molecule has 1 aliphatic heterocycles. The number of esters is 1. The van der Waals surface area contributed by atoms with Gasteiger partial charge in [0.15, 0.2) is 0 Å². The second-order valence-corrected chi connectivity index (χ2v) is 12.0. The van der Waals surface area contributed by atoms with Crippen molar-refractivity contribution in [1.82, 2.24) is 25.7 Å². The molecule has 0 aliphatic carbocycles. The van der Waals surface area contributed by atoms with Gasteiger partial charge in [0.2, 0.25) is 17.7 Å². The van der Waals surface area contributed by atoms with Crippen molar-refractivity contribution >= 4 is 39.3 Å². The highest BCUT2D eigenvalue weighted by Crippen LogP contribution is 2.27. The molecule has 10 heteroatoms. The van der Waals surface area contributed by atoms with E-state index in [4.69, 9.17) is 9.26 Å². The first-order chi connectivity index (χ1) is 22.9. The maximum Gasteiger partial charge on any atom is 0.379 e. The van der Waals surface area contributed by atoms with Crippen LogP contribution in [0.2, 0.25) is 0 Å². The lowest BCUT2D eigenvalue weighted by molar-refractivity contribution is -0.138. The molecule has 0 bridgehead atoms. The third-order valence-electron chi connectivity index (χ3n) is 8.82. The van der Waals surface area contributed by atoms with Crippen molar-refractivity contribution in [3.8, 4) is 0 Å². The van der Waals surface area contributed by atoms with E-state index in [1.807, 2.05) is 72.8 Å². The molecule has 2 unspecified atom stereocenters. The van der Waals surface area contributed by atoms with Gasteiger partial charge in [-0.1, -0.05) is 84.9 Å². The van der Waals surface area contributed by atoms with Crippen LogP contribution in [0.4, 0.5) is 0 Å². The molecule has 1 saturated heterocycles. The fraction of sp³-hybridized carbons (Fsp3) is 0.324. The van der Waals surface area contributed by atoms with Crippen LogP contribution in [0.5, 0.6) is 0 Å². The Morgan fingerprint density at radius 3 is 2.11 bits per heavy atom. The Hall–Kier alpha value is -5.09. The summed E-state index contributed by atoms with van der Waals surface area (Å²) in [7, 11) is 1.67. The molecule has 47 heavy (non-hydrogen) atoms. The van der Waals surface area contributed by atoms with Gasteiger partial charge >= 0.3 is 5.97 Å². The normalized spacial score (nSPS) is 14.9. The van der Waals surface area contributed by atoms with E-state index < -0.39 is 18.1 Å². The first-order valence-corrected chi connectivity index (χ1v) is 16.1. The molecule has 2 amide bonds. The third kappa shape index (κ3) is 7.49. The van der Waals surface area contributed by atoms with Crippen molar-refractivity contribution in [2.24, 2.45) is 5.92 Å². The van der Waals surface area contributed by atoms with Gasteiger partial charge in [0.1, 0.15) is 12.1 Å². The Labute approximate surface area is 273 Å². The summed E-state index contributed by atoms with van der Waals surface area (Å²) in [6, 6.07) is 26.7. The van der Waals surface area contributed by atoms with Crippen molar-refractivity contribution in [3.05, 3.63) is 108 Å². The van der Waals surface area contributed by atoms with Crippen LogP contribution in [-0.4, -0.2) is 65.6 Å². The van der Waals surface area contributed by atoms with Crippen molar-refractivity contribution in [3.63, 3.8) is 0 Å². The molecule has 0 saturated carbocycles. The number of piperidine rings is 1. The number of fused-ring (bicyclic) bond motifs is 2. The fourth-order valence-electron chi connectivity index (χ4n) is 6.20. The minimum atomic E-state index is -0.852. The highest BCUT2D eigenvalue weighted by Gasteiger charge is 2.34. The standard InChI is InChI=1S/C37H39N5O5/c1-3-46-37(45)33-40-35(47-41-33)32(23-25-13-15-27-9-5-7-11-30(27)21-25)42(2)36(44)31(39-34(43)28-16-18-38-19-17-28)22-24-12-14-26-8-4-6-10-29(26)20-24/h4-15,20-21,28,31-32,38H,3,16-19,22-23H2,1-2H3,(H,39,43). The van der Waals surface area contributed by atoms with Gasteiger partial charge in [-0.25, -0.2) is 4.79 Å². The molecule has 5 aromatic rings. The number of hydrogen-bond donors (Lipinski definition) is 2. The smallest absolute Gasteiger partial charge is 0.379 e. The summed E-state index contributed by atoms with van der Waals surface area (Å²) in [5.41, 5.74) is 1.86. The van der Waals surface area contributed by atoms with Crippen molar-refractivity contribution < 1.29 is 23.6 Å². The molecule has 0 spiro atoms. The van der Waals surface area contributed by atoms with Crippen LogP contribution < -0.4 is 10.6 Å². The number of benzene rings is 4. The lowest BCUT2D eigenvalue weighted by Crippen LogP contribution is -2.52. The van der Waals surface area contributed by atoms with E-state index in [2.05, 4.69) is 32.9 Å². The Balaban J connectivity index is 1.33. The predicted octanol–water partition coefficient (Wildman–Crippen LogP) is 5.02. The molecule has 6 rings (SSSR count). The number of amides is 2. The van der Waals surface area contributed by atoms with Gasteiger partial charge in [-0.15, -0.1) is 0 Å². The number of carbonyl (C=O) groups excluding carboxylic acids is 3. The summed E-state index contributed by atoms with van der Waals surface area (Å²) in [5.74, 6) is -1.42. The molecule has 10 nitrogen and oxygen atoms in total. The average Bonchev–Trinajstić information content (AvgIpc) is 3.60. The van der Waals surface area contributed by atoms with E-state index in [9.17, 15) is 14.4 Å². The first-order valence-electron chi connectivity index (χ1n) is 16.1. The summed E-state index contributed by atoms with van der Waals surface area (Å²) in [6.07, 6.45) is 2.05. The average molecular weight is 634 g/mol. The van der Waals surface area contributed by atoms with Crippen molar-refractivity contribution in [2.45, 2.75) is 44.7 Å². The number of carbonyl (C=O) groups is 3. The summed E-state index contributed by atoms with van der Waals surface area (Å²) in [6.45, 7) is 3.38. The molecule has 2 heterocycles. The topological polar surface area (TPSA) is 127 Å². The Bertz CT molecular complexity index is 1880. The number of nitrogens with zero attached hydrogens (tertiary/aromatic N) is 3. The van der Waals surface area contributed by atoms with Crippen LogP contribution in [0.1, 0.15) is 53.4 Å². The van der Waals surface area contributed by atoms with Crippen LogP contribution >= 0.6 is 0 Å². The summed E-state index contributed by atoms with van der Waals surface area (Å²) in [4.78, 5) is 46.4. The molecule has 2 atom stereocenters. The molecular weight excluding hydrogens is 594 g/mol. The van der Waals surface area contributed by atoms with Gasteiger partial charge in [0.05, 0.1) is 6.61 Å². The van der Waals surface area contributed by atoms with Gasteiger partial charge in [0, 0.05) is 25.8 Å². The second kappa shape index (κ2) is 14.6. The number of nitrogens with one attached hydrogen (secondary N) is 2. The third-order valence-corrected chi connectivity index (χ3v) is 8.82. The number of likely N-dealkylation sites (N-methyl/N-ethyl adjacent to an activating group) is 1. The molecule has 242 valence electrons. The van der Waals surface area contributed by atoms with E-state index in [0.717, 1.165) is 45.8 Å². The maximum absolute atomic E-state index is 14.5. The molecule has 1 aromatic heterocycles. The fourth-order valence-corrected chi connectivity index (χ4v) is 6.20. The van der Waals surface area contributed by atoms with E-state index in [-0.39, 0.29) is 36.1 Å². The van der Waals surface area contributed by atoms with Crippen LogP contribution in [0, 0.1) is 5.92 Å². The van der Waals surface area contributed by atoms with Crippen LogP contribution in [-0.2, 0) is 27.2 Å². The molecular formula is C37H39N5O5. The van der Waals surface area contributed by atoms with E-state index in [1.165, 1.54) is 0 Å². The zero-order valence-corrected chi connectivity index (χ0v) is 26.6. The summed E-state index contributed by atoms with van der Waals surface area (Å²) < 4.78 is 10.7. The van der Waals surface area contributed by atoms with Crippen molar-refractivity contribution in [1.29, 1.82) is 0 Å². The van der Waals surface area contributed by atoms with E-state index in [0.29, 0.717) is 25.7 Å². The van der Waals surface area contributed by atoms with Gasteiger partial charge in [0.25, 0.3) is 5.82 Å².